The summed E-state index contributed by atoms with van der Waals surface area (Å²) in [5.74, 6) is 3.36. The molecular weight excluding hydrogens is 182 g/mol. The third kappa shape index (κ3) is 1.91. The number of rotatable bonds is 3. The Morgan fingerprint density at radius 1 is 1.53 bits per heavy atom. The van der Waals surface area contributed by atoms with Gasteiger partial charge in [-0.3, -0.25) is 0 Å². The third-order valence-electron chi connectivity index (χ3n) is 3.37. The first-order chi connectivity index (χ1) is 7.36. The molecule has 0 fully saturated rings. The van der Waals surface area contributed by atoms with Crippen molar-refractivity contribution in [3.05, 3.63) is 35.4 Å². The lowest BCUT2D eigenvalue weighted by molar-refractivity contribution is 0.467. The molecule has 0 aliphatic heterocycles. The monoisotopic (exact) mass is 199 g/mol. The summed E-state index contributed by atoms with van der Waals surface area (Å²) in [6.45, 7) is 0. The molecule has 0 amide bonds. The number of fused-ring (bicyclic) bond motifs is 1. The Hall–Kier alpha value is -1.26. The van der Waals surface area contributed by atoms with Crippen molar-refractivity contribution in [2.75, 3.05) is 7.05 Å². The highest BCUT2D eigenvalue weighted by atomic mass is 14.9. The van der Waals surface area contributed by atoms with Crippen LogP contribution in [-0.2, 0) is 6.42 Å². The van der Waals surface area contributed by atoms with Crippen LogP contribution in [0.25, 0.3) is 0 Å². The normalized spacial score (nSPS) is 20.7. The van der Waals surface area contributed by atoms with Gasteiger partial charge in [-0.25, -0.2) is 0 Å². The zero-order valence-electron chi connectivity index (χ0n) is 9.16. The molecule has 1 nitrogen and oxygen atoms in total. The van der Waals surface area contributed by atoms with Crippen LogP contribution in [0.1, 0.15) is 29.9 Å². The minimum Gasteiger partial charge on any atom is -0.315 e. The van der Waals surface area contributed by atoms with Gasteiger partial charge < -0.3 is 5.32 Å². The summed E-state index contributed by atoms with van der Waals surface area (Å²) < 4.78 is 0. The molecule has 1 N–H and O–H groups in total. The van der Waals surface area contributed by atoms with E-state index < -0.39 is 0 Å². The molecule has 0 spiro atoms. The van der Waals surface area contributed by atoms with E-state index in [4.69, 9.17) is 6.42 Å². The summed E-state index contributed by atoms with van der Waals surface area (Å²) in [5.41, 5.74) is 2.99. The van der Waals surface area contributed by atoms with Gasteiger partial charge in [-0.15, -0.1) is 12.3 Å². The zero-order chi connectivity index (χ0) is 10.7. The maximum Gasteiger partial charge on any atom is 0.0246 e. The summed E-state index contributed by atoms with van der Waals surface area (Å²) >= 11 is 0. The number of terminal acetylenes is 1. The van der Waals surface area contributed by atoms with Crippen LogP contribution < -0.4 is 5.32 Å². The Balaban J connectivity index is 2.23. The van der Waals surface area contributed by atoms with Gasteiger partial charge in [0.2, 0.25) is 0 Å². The third-order valence-corrected chi connectivity index (χ3v) is 3.37. The van der Waals surface area contributed by atoms with Gasteiger partial charge in [0, 0.05) is 18.4 Å². The van der Waals surface area contributed by atoms with E-state index in [9.17, 15) is 0 Å². The number of likely N-dealkylation sites (N-methyl/N-ethyl adjacent to an activating group) is 1. The molecule has 0 saturated heterocycles. The quantitative estimate of drug-likeness (QED) is 0.737. The van der Waals surface area contributed by atoms with Gasteiger partial charge in [-0.05, 0) is 31.0 Å². The van der Waals surface area contributed by atoms with Gasteiger partial charge in [0.25, 0.3) is 0 Å². The van der Waals surface area contributed by atoms with E-state index >= 15 is 0 Å². The molecule has 0 radical (unpaired) electrons. The summed E-state index contributed by atoms with van der Waals surface area (Å²) in [4.78, 5) is 0. The molecule has 2 atom stereocenters. The highest BCUT2D eigenvalue weighted by molar-refractivity contribution is 5.36. The molecular formula is C14H17N. The van der Waals surface area contributed by atoms with E-state index in [0.717, 1.165) is 6.42 Å². The van der Waals surface area contributed by atoms with Crippen LogP contribution in [0.5, 0.6) is 0 Å². The topological polar surface area (TPSA) is 12.0 Å². The Kier molecular flexibility index (Phi) is 3.08. The van der Waals surface area contributed by atoms with E-state index in [0.29, 0.717) is 12.0 Å². The van der Waals surface area contributed by atoms with Gasteiger partial charge in [-0.2, -0.15) is 0 Å². The summed E-state index contributed by atoms with van der Waals surface area (Å²) in [6, 6.07) is 9.15. The van der Waals surface area contributed by atoms with Crippen molar-refractivity contribution in [2.24, 2.45) is 0 Å². The molecule has 1 aromatic rings. The van der Waals surface area contributed by atoms with E-state index in [-0.39, 0.29) is 0 Å². The Labute approximate surface area is 91.9 Å². The fourth-order valence-electron chi connectivity index (χ4n) is 2.58. The molecule has 1 aliphatic rings. The van der Waals surface area contributed by atoms with Crippen LogP contribution in [0.2, 0.25) is 0 Å². The number of hydrogen-bond acceptors (Lipinski definition) is 1. The van der Waals surface area contributed by atoms with Gasteiger partial charge in [-0.1, -0.05) is 24.3 Å². The summed E-state index contributed by atoms with van der Waals surface area (Å²) in [6.07, 6.45) is 8.64. The van der Waals surface area contributed by atoms with Crippen LogP contribution in [0, 0.1) is 12.3 Å². The van der Waals surface area contributed by atoms with E-state index in [1.807, 2.05) is 7.05 Å². The van der Waals surface area contributed by atoms with Crippen molar-refractivity contribution in [2.45, 2.75) is 31.2 Å². The van der Waals surface area contributed by atoms with Crippen LogP contribution in [0.15, 0.2) is 24.3 Å². The summed E-state index contributed by atoms with van der Waals surface area (Å²) in [7, 11) is 2.00. The number of hydrogen-bond donors (Lipinski definition) is 1. The van der Waals surface area contributed by atoms with Crippen molar-refractivity contribution in [3.8, 4) is 12.3 Å². The first-order valence-electron chi connectivity index (χ1n) is 5.55. The lowest BCUT2D eigenvalue weighted by Gasteiger charge is -2.21. The molecule has 2 unspecified atom stereocenters. The minimum absolute atomic E-state index is 0.429. The zero-order valence-corrected chi connectivity index (χ0v) is 9.16. The molecule has 1 aromatic carbocycles. The van der Waals surface area contributed by atoms with Gasteiger partial charge in [0.1, 0.15) is 0 Å². The van der Waals surface area contributed by atoms with E-state index in [1.54, 1.807) is 0 Å². The standard InChI is InChI=1S/C14H17N/c1-3-6-14(15-2)13-10-9-11-7-4-5-8-12(11)13/h1,4-5,7-8,13-15H,6,9-10H2,2H3. The SMILES string of the molecule is C#CCC(NC)C1CCc2ccccc21. The Bertz CT molecular complexity index is 375. The van der Waals surface area contributed by atoms with Crippen LogP contribution in [0.3, 0.4) is 0 Å². The van der Waals surface area contributed by atoms with Crippen molar-refractivity contribution in [3.63, 3.8) is 0 Å². The fourth-order valence-corrected chi connectivity index (χ4v) is 2.58. The smallest absolute Gasteiger partial charge is 0.0246 e. The average Bonchev–Trinajstić information content (AvgIpc) is 2.70. The molecule has 1 aliphatic carbocycles. The van der Waals surface area contributed by atoms with Gasteiger partial charge in [0.05, 0.1) is 0 Å². The second kappa shape index (κ2) is 4.51. The molecule has 78 valence electrons. The first-order valence-corrected chi connectivity index (χ1v) is 5.55. The van der Waals surface area contributed by atoms with Crippen molar-refractivity contribution >= 4 is 0 Å². The lowest BCUT2D eigenvalue weighted by Crippen LogP contribution is -2.30. The second-order valence-electron chi connectivity index (χ2n) is 4.15. The van der Waals surface area contributed by atoms with Gasteiger partial charge >= 0.3 is 0 Å². The molecule has 0 aromatic heterocycles. The van der Waals surface area contributed by atoms with E-state index in [2.05, 4.69) is 35.5 Å². The molecule has 0 saturated carbocycles. The average molecular weight is 199 g/mol. The largest absolute Gasteiger partial charge is 0.315 e. The molecule has 2 rings (SSSR count). The first kappa shape index (κ1) is 10.3. The van der Waals surface area contributed by atoms with Crippen molar-refractivity contribution < 1.29 is 0 Å². The molecule has 1 heteroatoms. The van der Waals surface area contributed by atoms with Gasteiger partial charge in [0.15, 0.2) is 0 Å². The number of nitrogens with one attached hydrogen (secondary N) is 1. The highest BCUT2D eigenvalue weighted by Crippen LogP contribution is 2.35. The van der Waals surface area contributed by atoms with Crippen LogP contribution in [0.4, 0.5) is 0 Å². The maximum absolute atomic E-state index is 5.40. The minimum atomic E-state index is 0.429. The highest BCUT2D eigenvalue weighted by Gasteiger charge is 2.27. The molecule has 15 heavy (non-hydrogen) atoms. The predicted molar refractivity (Wildman–Crippen MR) is 63.8 cm³/mol. The molecule has 0 bridgehead atoms. The van der Waals surface area contributed by atoms with Crippen LogP contribution in [-0.4, -0.2) is 13.1 Å². The second-order valence-corrected chi connectivity index (χ2v) is 4.15. The molecule has 0 heterocycles. The Morgan fingerprint density at radius 2 is 2.33 bits per heavy atom. The fraction of sp³-hybridized carbons (Fsp3) is 0.429. The van der Waals surface area contributed by atoms with Crippen molar-refractivity contribution in [1.82, 2.24) is 5.32 Å². The Morgan fingerprint density at radius 3 is 3.07 bits per heavy atom. The van der Waals surface area contributed by atoms with E-state index in [1.165, 1.54) is 24.0 Å². The lowest BCUT2D eigenvalue weighted by atomic mass is 9.91. The van der Waals surface area contributed by atoms with Crippen molar-refractivity contribution in [1.29, 1.82) is 0 Å². The maximum atomic E-state index is 5.40. The number of aryl methyl sites for hydroxylation is 1. The predicted octanol–water partition coefficient (Wildman–Crippen LogP) is 2.33. The summed E-state index contributed by atoms with van der Waals surface area (Å²) in [5, 5.41) is 3.34. The number of benzene rings is 1. The van der Waals surface area contributed by atoms with Crippen LogP contribution >= 0.6 is 0 Å².